The highest BCUT2D eigenvalue weighted by molar-refractivity contribution is 4.79. The zero-order valence-corrected chi connectivity index (χ0v) is 11.6. The van der Waals surface area contributed by atoms with Crippen LogP contribution >= 0.6 is 0 Å². The predicted octanol–water partition coefficient (Wildman–Crippen LogP) is 1.86. The first-order valence-electron chi connectivity index (χ1n) is 7.34. The van der Waals surface area contributed by atoms with Crippen LogP contribution in [0.1, 0.15) is 46.0 Å². The number of aliphatic hydroxyl groups excluding tert-OH is 1. The molecule has 17 heavy (non-hydrogen) atoms. The second-order valence-electron chi connectivity index (χ2n) is 5.30. The summed E-state index contributed by atoms with van der Waals surface area (Å²) in [6.45, 7) is 9.78. The minimum absolute atomic E-state index is 0.338. The van der Waals surface area contributed by atoms with Gasteiger partial charge >= 0.3 is 0 Å². The lowest BCUT2D eigenvalue weighted by Gasteiger charge is -2.34. The van der Waals surface area contributed by atoms with E-state index in [4.69, 9.17) is 5.11 Å². The molecule has 3 heteroatoms. The number of likely N-dealkylation sites (tertiary alicyclic amines) is 1. The van der Waals surface area contributed by atoms with Gasteiger partial charge in [0, 0.05) is 12.6 Å². The second-order valence-corrected chi connectivity index (χ2v) is 5.30. The Morgan fingerprint density at radius 2 is 1.94 bits per heavy atom. The van der Waals surface area contributed by atoms with Gasteiger partial charge in [-0.2, -0.15) is 0 Å². The summed E-state index contributed by atoms with van der Waals surface area (Å²) in [5.74, 6) is 0.857. The molecule has 102 valence electrons. The quantitative estimate of drug-likeness (QED) is 0.638. The molecule has 0 spiro atoms. The highest BCUT2D eigenvalue weighted by Crippen LogP contribution is 2.20. The zero-order chi connectivity index (χ0) is 12.5. The number of rotatable bonds is 8. The number of nitrogens with one attached hydrogen (secondary N) is 1. The van der Waals surface area contributed by atoms with Gasteiger partial charge in [-0.05, 0) is 71.1 Å². The first-order valence-corrected chi connectivity index (χ1v) is 7.34. The van der Waals surface area contributed by atoms with Crippen LogP contribution < -0.4 is 5.32 Å². The molecule has 0 aliphatic carbocycles. The molecule has 0 aromatic heterocycles. The van der Waals surface area contributed by atoms with Gasteiger partial charge in [0.25, 0.3) is 0 Å². The summed E-state index contributed by atoms with van der Waals surface area (Å²) in [6.07, 6.45) is 5.98. The summed E-state index contributed by atoms with van der Waals surface area (Å²) >= 11 is 0. The maximum Gasteiger partial charge on any atom is 0.0431 e. The van der Waals surface area contributed by atoms with E-state index in [-0.39, 0.29) is 0 Å². The highest BCUT2D eigenvalue weighted by Gasteiger charge is 2.22. The SMILES string of the molecule is CCN1CCC(C(C)NCCCCCO)CC1. The Labute approximate surface area is 107 Å². The average molecular weight is 242 g/mol. The fraction of sp³-hybridized carbons (Fsp3) is 1.00. The Morgan fingerprint density at radius 1 is 1.24 bits per heavy atom. The molecule has 0 aromatic carbocycles. The van der Waals surface area contributed by atoms with E-state index in [1.54, 1.807) is 0 Å². The number of unbranched alkanes of at least 4 members (excludes halogenated alkanes) is 2. The smallest absolute Gasteiger partial charge is 0.0431 e. The Bertz CT molecular complexity index is 179. The van der Waals surface area contributed by atoms with Gasteiger partial charge in [0.05, 0.1) is 0 Å². The maximum atomic E-state index is 8.70. The van der Waals surface area contributed by atoms with Gasteiger partial charge in [0.2, 0.25) is 0 Å². The van der Waals surface area contributed by atoms with Crippen LogP contribution in [0.15, 0.2) is 0 Å². The maximum absolute atomic E-state index is 8.70. The zero-order valence-electron chi connectivity index (χ0n) is 11.6. The molecule has 0 bridgehead atoms. The van der Waals surface area contributed by atoms with Crippen LogP contribution in [-0.4, -0.2) is 48.8 Å². The van der Waals surface area contributed by atoms with Gasteiger partial charge in [0.1, 0.15) is 0 Å². The Morgan fingerprint density at radius 3 is 2.53 bits per heavy atom. The van der Waals surface area contributed by atoms with E-state index in [2.05, 4.69) is 24.1 Å². The van der Waals surface area contributed by atoms with Crippen LogP contribution in [0, 0.1) is 5.92 Å². The van der Waals surface area contributed by atoms with Crippen molar-refractivity contribution in [2.75, 3.05) is 32.8 Å². The van der Waals surface area contributed by atoms with Gasteiger partial charge < -0.3 is 15.3 Å². The van der Waals surface area contributed by atoms with E-state index >= 15 is 0 Å². The van der Waals surface area contributed by atoms with Crippen molar-refractivity contribution >= 4 is 0 Å². The number of hydrogen-bond donors (Lipinski definition) is 2. The van der Waals surface area contributed by atoms with Gasteiger partial charge in [-0.25, -0.2) is 0 Å². The summed E-state index contributed by atoms with van der Waals surface area (Å²) in [4.78, 5) is 2.55. The normalized spacial score (nSPS) is 20.6. The van der Waals surface area contributed by atoms with E-state index in [9.17, 15) is 0 Å². The highest BCUT2D eigenvalue weighted by atomic mass is 16.2. The van der Waals surface area contributed by atoms with Crippen molar-refractivity contribution in [1.82, 2.24) is 10.2 Å². The fourth-order valence-corrected chi connectivity index (χ4v) is 2.68. The number of aliphatic hydroxyl groups is 1. The molecule has 0 saturated carbocycles. The van der Waals surface area contributed by atoms with Crippen molar-refractivity contribution in [1.29, 1.82) is 0 Å². The first kappa shape index (κ1) is 14.9. The third-order valence-electron chi connectivity index (χ3n) is 4.09. The summed E-state index contributed by atoms with van der Waals surface area (Å²) in [5, 5.41) is 12.3. The molecule has 0 amide bonds. The molecule has 1 aliphatic rings. The Kier molecular flexibility index (Phi) is 7.82. The van der Waals surface area contributed by atoms with E-state index in [0.717, 1.165) is 25.3 Å². The summed E-state index contributed by atoms with van der Waals surface area (Å²) in [7, 11) is 0. The number of hydrogen-bond acceptors (Lipinski definition) is 3. The minimum atomic E-state index is 0.338. The lowest BCUT2D eigenvalue weighted by molar-refractivity contribution is 0.169. The molecular formula is C14H30N2O. The van der Waals surface area contributed by atoms with Crippen LogP contribution in [0.2, 0.25) is 0 Å². The van der Waals surface area contributed by atoms with Gasteiger partial charge in [-0.15, -0.1) is 0 Å². The molecule has 0 aromatic rings. The Balaban J connectivity index is 2.05. The minimum Gasteiger partial charge on any atom is -0.396 e. The third kappa shape index (κ3) is 5.84. The largest absolute Gasteiger partial charge is 0.396 e. The number of piperidine rings is 1. The standard InChI is InChI=1S/C14H30N2O/c1-3-16-10-7-14(8-11-16)13(2)15-9-5-4-6-12-17/h13-15,17H,3-12H2,1-2H3. The molecule has 1 unspecified atom stereocenters. The van der Waals surface area contributed by atoms with Gasteiger partial charge in [0.15, 0.2) is 0 Å². The van der Waals surface area contributed by atoms with E-state index < -0.39 is 0 Å². The van der Waals surface area contributed by atoms with Crippen LogP contribution in [0.25, 0.3) is 0 Å². The lowest BCUT2D eigenvalue weighted by Crippen LogP contribution is -2.42. The molecular weight excluding hydrogens is 212 g/mol. The average Bonchev–Trinajstić information content (AvgIpc) is 2.38. The van der Waals surface area contributed by atoms with Crippen LogP contribution in [-0.2, 0) is 0 Å². The van der Waals surface area contributed by atoms with Crippen LogP contribution in [0.4, 0.5) is 0 Å². The fourth-order valence-electron chi connectivity index (χ4n) is 2.68. The molecule has 1 saturated heterocycles. The lowest BCUT2D eigenvalue weighted by atomic mass is 9.90. The van der Waals surface area contributed by atoms with Crippen molar-refractivity contribution in [2.45, 2.75) is 52.0 Å². The van der Waals surface area contributed by atoms with Crippen molar-refractivity contribution in [3.8, 4) is 0 Å². The van der Waals surface area contributed by atoms with Crippen molar-refractivity contribution in [3.05, 3.63) is 0 Å². The molecule has 1 heterocycles. The van der Waals surface area contributed by atoms with Crippen LogP contribution in [0.3, 0.4) is 0 Å². The monoisotopic (exact) mass is 242 g/mol. The first-order chi connectivity index (χ1) is 8.27. The number of nitrogens with zero attached hydrogens (tertiary/aromatic N) is 1. The van der Waals surface area contributed by atoms with E-state index in [1.807, 2.05) is 0 Å². The summed E-state index contributed by atoms with van der Waals surface area (Å²) in [5.41, 5.74) is 0. The van der Waals surface area contributed by atoms with Gasteiger partial charge in [-0.3, -0.25) is 0 Å². The topological polar surface area (TPSA) is 35.5 Å². The van der Waals surface area contributed by atoms with Crippen molar-refractivity contribution < 1.29 is 5.11 Å². The van der Waals surface area contributed by atoms with E-state index in [0.29, 0.717) is 12.6 Å². The van der Waals surface area contributed by atoms with Crippen LogP contribution in [0.5, 0.6) is 0 Å². The molecule has 3 nitrogen and oxygen atoms in total. The van der Waals surface area contributed by atoms with Crippen molar-refractivity contribution in [2.24, 2.45) is 5.92 Å². The van der Waals surface area contributed by atoms with E-state index in [1.165, 1.54) is 38.9 Å². The molecule has 1 fully saturated rings. The summed E-state index contributed by atoms with van der Waals surface area (Å²) < 4.78 is 0. The second kappa shape index (κ2) is 8.90. The molecule has 0 radical (unpaired) electrons. The predicted molar refractivity (Wildman–Crippen MR) is 73.2 cm³/mol. The Hall–Kier alpha value is -0.120. The van der Waals surface area contributed by atoms with Gasteiger partial charge in [-0.1, -0.05) is 6.92 Å². The molecule has 1 atom stereocenters. The summed E-state index contributed by atoms with van der Waals surface area (Å²) in [6, 6.07) is 0.656. The van der Waals surface area contributed by atoms with Crippen molar-refractivity contribution in [3.63, 3.8) is 0 Å². The third-order valence-corrected chi connectivity index (χ3v) is 4.09. The molecule has 2 N–H and O–H groups in total. The molecule has 1 aliphatic heterocycles. The molecule has 1 rings (SSSR count).